The molecule has 1 aromatic carbocycles. The lowest BCUT2D eigenvalue weighted by molar-refractivity contribution is 0.622. The van der Waals surface area contributed by atoms with E-state index in [-0.39, 0.29) is 11.4 Å². The van der Waals surface area contributed by atoms with Crippen LogP contribution in [0.2, 0.25) is 0 Å². The molecule has 0 aliphatic heterocycles. The molecule has 0 unspecified atom stereocenters. The molecule has 0 aliphatic rings. The summed E-state index contributed by atoms with van der Waals surface area (Å²) in [5.41, 5.74) is 6.24. The SMILES string of the molecule is CC.CCc1ccc(C(=N)N)c(F)c1. The van der Waals surface area contributed by atoms with Crippen LogP contribution in [-0.4, -0.2) is 5.84 Å². The van der Waals surface area contributed by atoms with Gasteiger partial charge >= 0.3 is 0 Å². The van der Waals surface area contributed by atoms with Crippen LogP contribution in [0.1, 0.15) is 31.9 Å². The van der Waals surface area contributed by atoms with Gasteiger partial charge in [-0.1, -0.05) is 26.8 Å². The zero-order valence-corrected chi connectivity index (χ0v) is 8.89. The molecule has 0 spiro atoms. The summed E-state index contributed by atoms with van der Waals surface area (Å²) in [6.07, 6.45) is 0.787. The lowest BCUT2D eigenvalue weighted by atomic mass is 10.1. The highest BCUT2D eigenvalue weighted by Gasteiger charge is 2.04. The van der Waals surface area contributed by atoms with Gasteiger partial charge in [-0.2, -0.15) is 0 Å². The fourth-order valence-electron chi connectivity index (χ4n) is 0.997. The molecular formula is C11H17FN2. The molecule has 0 atom stereocenters. The van der Waals surface area contributed by atoms with Crippen molar-refractivity contribution in [3.8, 4) is 0 Å². The lowest BCUT2D eigenvalue weighted by Gasteiger charge is -2.02. The third-order valence-corrected chi connectivity index (χ3v) is 1.73. The summed E-state index contributed by atoms with van der Waals surface area (Å²) in [6.45, 7) is 5.95. The van der Waals surface area contributed by atoms with E-state index in [1.54, 1.807) is 6.07 Å². The number of aryl methyl sites for hydroxylation is 1. The largest absolute Gasteiger partial charge is 0.384 e. The zero-order valence-electron chi connectivity index (χ0n) is 8.89. The van der Waals surface area contributed by atoms with Crippen LogP contribution in [0.15, 0.2) is 18.2 Å². The van der Waals surface area contributed by atoms with Gasteiger partial charge in [-0.05, 0) is 24.1 Å². The van der Waals surface area contributed by atoms with Crippen LogP contribution in [-0.2, 0) is 6.42 Å². The van der Waals surface area contributed by atoms with Crippen molar-refractivity contribution in [2.75, 3.05) is 0 Å². The van der Waals surface area contributed by atoms with Crippen molar-refractivity contribution >= 4 is 5.84 Å². The number of nitrogens with one attached hydrogen (secondary N) is 1. The molecule has 1 rings (SSSR count). The first-order chi connectivity index (χ1) is 6.65. The van der Waals surface area contributed by atoms with Gasteiger partial charge in [-0.25, -0.2) is 4.39 Å². The summed E-state index contributed by atoms with van der Waals surface area (Å²) < 4.78 is 13.1. The minimum atomic E-state index is -0.415. The van der Waals surface area contributed by atoms with Crippen molar-refractivity contribution in [2.24, 2.45) is 5.73 Å². The first-order valence-electron chi connectivity index (χ1n) is 4.78. The zero-order chi connectivity index (χ0) is 11.1. The van der Waals surface area contributed by atoms with Gasteiger partial charge in [0.25, 0.3) is 0 Å². The second kappa shape index (κ2) is 6.13. The second-order valence-corrected chi connectivity index (χ2v) is 2.58. The van der Waals surface area contributed by atoms with E-state index >= 15 is 0 Å². The van der Waals surface area contributed by atoms with Crippen LogP contribution in [0.5, 0.6) is 0 Å². The molecule has 0 saturated carbocycles. The monoisotopic (exact) mass is 196 g/mol. The Bertz CT molecular complexity index is 308. The van der Waals surface area contributed by atoms with Gasteiger partial charge in [-0.15, -0.1) is 0 Å². The fraction of sp³-hybridized carbons (Fsp3) is 0.364. The summed E-state index contributed by atoms with van der Waals surface area (Å²) in [7, 11) is 0. The number of nitrogen functional groups attached to an aromatic ring is 1. The summed E-state index contributed by atoms with van der Waals surface area (Å²) in [5.74, 6) is -0.642. The predicted octanol–water partition coefficient (Wildman–Crippen LogP) is 2.70. The summed E-state index contributed by atoms with van der Waals surface area (Å²) in [5, 5.41) is 7.04. The number of benzene rings is 1. The third kappa shape index (κ3) is 3.17. The Morgan fingerprint density at radius 2 is 2.00 bits per heavy atom. The van der Waals surface area contributed by atoms with Gasteiger partial charge in [0.05, 0.1) is 5.56 Å². The molecule has 3 heteroatoms. The van der Waals surface area contributed by atoms with E-state index in [2.05, 4.69) is 0 Å². The van der Waals surface area contributed by atoms with Gasteiger partial charge in [0.1, 0.15) is 11.7 Å². The number of amidine groups is 1. The van der Waals surface area contributed by atoms with E-state index in [0.29, 0.717) is 0 Å². The maximum absolute atomic E-state index is 13.1. The highest BCUT2D eigenvalue weighted by molar-refractivity contribution is 5.95. The normalized spacial score (nSPS) is 8.86. The Balaban J connectivity index is 0.000000791. The minimum absolute atomic E-state index is 0.173. The number of rotatable bonds is 2. The van der Waals surface area contributed by atoms with Gasteiger partial charge < -0.3 is 5.73 Å². The van der Waals surface area contributed by atoms with Crippen molar-refractivity contribution in [1.29, 1.82) is 5.41 Å². The molecule has 0 saturated heterocycles. The minimum Gasteiger partial charge on any atom is -0.384 e. The number of nitrogens with two attached hydrogens (primary N) is 1. The summed E-state index contributed by atoms with van der Waals surface area (Å²) in [4.78, 5) is 0. The summed E-state index contributed by atoms with van der Waals surface area (Å²) in [6, 6.07) is 4.73. The Labute approximate surface area is 84.5 Å². The Kier molecular flexibility index (Phi) is 5.53. The van der Waals surface area contributed by atoms with Gasteiger partial charge in [0.2, 0.25) is 0 Å². The lowest BCUT2D eigenvalue weighted by Crippen LogP contribution is -2.13. The van der Waals surface area contributed by atoms with Crippen LogP contribution in [0.4, 0.5) is 4.39 Å². The summed E-state index contributed by atoms with van der Waals surface area (Å²) >= 11 is 0. The van der Waals surface area contributed by atoms with Crippen LogP contribution < -0.4 is 5.73 Å². The Morgan fingerprint density at radius 1 is 1.43 bits per heavy atom. The predicted molar refractivity (Wildman–Crippen MR) is 58.1 cm³/mol. The van der Waals surface area contributed by atoms with Crippen LogP contribution in [0, 0.1) is 11.2 Å². The average molecular weight is 196 g/mol. The molecule has 2 nitrogen and oxygen atoms in total. The van der Waals surface area contributed by atoms with Crippen molar-refractivity contribution in [3.05, 3.63) is 35.1 Å². The molecule has 0 bridgehead atoms. The molecule has 1 aromatic rings. The number of hydrogen-bond donors (Lipinski definition) is 2. The van der Waals surface area contributed by atoms with Crippen LogP contribution in [0.3, 0.4) is 0 Å². The first kappa shape index (κ1) is 12.6. The van der Waals surface area contributed by atoms with Gasteiger partial charge in [-0.3, -0.25) is 5.41 Å². The molecule has 0 fully saturated rings. The molecule has 0 amide bonds. The quantitative estimate of drug-likeness (QED) is 0.554. The standard InChI is InChI=1S/C9H11FN2.C2H6/c1-2-6-3-4-7(9(11)12)8(10)5-6;1-2/h3-5H,2H2,1H3,(H3,11,12);1-2H3. The van der Waals surface area contributed by atoms with Crippen LogP contribution >= 0.6 is 0 Å². The van der Waals surface area contributed by atoms with E-state index in [1.807, 2.05) is 20.8 Å². The highest BCUT2D eigenvalue weighted by Crippen LogP contribution is 2.09. The van der Waals surface area contributed by atoms with E-state index < -0.39 is 5.82 Å². The van der Waals surface area contributed by atoms with Crippen molar-refractivity contribution in [3.63, 3.8) is 0 Å². The van der Waals surface area contributed by atoms with Crippen molar-refractivity contribution < 1.29 is 4.39 Å². The Morgan fingerprint density at radius 3 is 2.36 bits per heavy atom. The first-order valence-corrected chi connectivity index (χ1v) is 4.78. The molecule has 0 aromatic heterocycles. The fourth-order valence-corrected chi connectivity index (χ4v) is 0.997. The highest BCUT2D eigenvalue weighted by atomic mass is 19.1. The smallest absolute Gasteiger partial charge is 0.134 e. The maximum Gasteiger partial charge on any atom is 0.134 e. The van der Waals surface area contributed by atoms with Crippen LogP contribution in [0.25, 0.3) is 0 Å². The molecule has 0 aliphatic carbocycles. The molecule has 14 heavy (non-hydrogen) atoms. The average Bonchev–Trinajstić information content (AvgIpc) is 2.20. The van der Waals surface area contributed by atoms with E-state index in [0.717, 1.165) is 12.0 Å². The molecule has 78 valence electrons. The Hall–Kier alpha value is -1.38. The van der Waals surface area contributed by atoms with E-state index in [1.165, 1.54) is 12.1 Å². The van der Waals surface area contributed by atoms with E-state index in [9.17, 15) is 4.39 Å². The van der Waals surface area contributed by atoms with Gasteiger partial charge in [0, 0.05) is 0 Å². The topological polar surface area (TPSA) is 49.9 Å². The van der Waals surface area contributed by atoms with Gasteiger partial charge in [0.15, 0.2) is 0 Å². The molecule has 0 heterocycles. The number of halogens is 1. The molecule has 0 radical (unpaired) electrons. The molecular weight excluding hydrogens is 179 g/mol. The number of hydrogen-bond acceptors (Lipinski definition) is 1. The third-order valence-electron chi connectivity index (χ3n) is 1.73. The molecule has 3 N–H and O–H groups in total. The van der Waals surface area contributed by atoms with Crippen molar-refractivity contribution in [2.45, 2.75) is 27.2 Å². The van der Waals surface area contributed by atoms with E-state index in [4.69, 9.17) is 11.1 Å². The van der Waals surface area contributed by atoms with Crippen molar-refractivity contribution in [1.82, 2.24) is 0 Å². The second-order valence-electron chi connectivity index (χ2n) is 2.58. The maximum atomic E-state index is 13.1.